The lowest BCUT2D eigenvalue weighted by Crippen LogP contribution is -2.29. The summed E-state index contributed by atoms with van der Waals surface area (Å²) in [5, 5.41) is 10.1. The highest BCUT2D eigenvalue weighted by molar-refractivity contribution is 5.94. The van der Waals surface area contributed by atoms with Crippen molar-refractivity contribution in [2.45, 2.75) is 12.6 Å². The van der Waals surface area contributed by atoms with Gasteiger partial charge >= 0.3 is 12.1 Å². The van der Waals surface area contributed by atoms with Gasteiger partial charge in [0.1, 0.15) is 0 Å². The number of hydrogen-bond acceptors (Lipinski definition) is 2. The fourth-order valence-electron chi connectivity index (χ4n) is 0.999. The molecule has 1 aromatic carbocycles. The molecule has 0 radical (unpaired) electrons. The maximum atomic E-state index is 11.9. The summed E-state index contributed by atoms with van der Waals surface area (Å²) >= 11 is 0. The van der Waals surface area contributed by atoms with Gasteiger partial charge < -0.3 is 5.32 Å². The first-order valence-corrected chi connectivity index (χ1v) is 4.27. The largest absolute Gasteiger partial charge is 0.471 e. The Kier molecular flexibility index (Phi) is 3.51. The maximum absolute atomic E-state index is 11.9. The number of nitrogens with zero attached hydrogens (tertiary/aromatic N) is 1. The molecule has 0 atom stereocenters. The summed E-state index contributed by atoms with van der Waals surface area (Å²) in [6, 6.07) is 7.50. The van der Waals surface area contributed by atoms with Crippen molar-refractivity contribution in [3.8, 4) is 6.07 Å². The van der Waals surface area contributed by atoms with Crippen LogP contribution in [-0.4, -0.2) is 12.1 Å². The fraction of sp³-hybridized carbons (Fsp3) is 0.200. The summed E-state index contributed by atoms with van der Waals surface area (Å²) in [5.41, 5.74) is 0.719. The van der Waals surface area contributed by atoms with Crippen LogP contribution in [0.1, 0.15) is 5.56 Å². The van der Waals surface area contributed by atoms with E-state index in [1.54, 1.807) is 5.32 Å². The van der Waals surface area contributed by atoms with Crippen molar-refractivity contribution in [1.29, 1.82) is 5.26 Å². The molecule has 0 saturated heterocycles. The fourth-order valence-corrected chi connectivity index (χ4v) is 0.999. The van der Waals surface area contributed by atoms with Crippen LogP contribution in [0.4, 0.5) is 18.9 Å². The average Bonchev–Trinajstić information content (AvgIpc) is 2.20. The van der Waals surface area contributed by atoms with Crippen LogP contribution in [0.15, 0.2) is 24.3 Å². The molecule has 0 saturated carbocycles. The van der Waals surface area contributed by atoms with E-state index < -0.39 is 12.1 Å². The van der Waals surface area contributed by atoms with Crippen molar-refractivity contribution in [2.24, 2.45) is 0 Å². The molecule has 0 heterocycles. The van der Waals surface area contributed by atoms with Crippen LogP contribution in [0.3, 0.4) is 0 Å². The van der Waals surface area contributed by atoms with Gasteiger partial charge in [-0.25, -0.2) is 0 Å². The minimum absolute atomic E-state index is 0.0454. The number of nitriles is 1. The first-order chi connectivity index (χ1) is 7.43. The van der Waals surface area contributed by atoms with E-state index in [2.05, 4.69) is 0 Å². The third-order valence-electron chi connectivity index (χ3n) is 1.75. The lowest BCUT2D eigenvalue weighted by atomic mass is 10.1. The zero-order chi connectivity index (χ0) is 12.2. The Balaban J connectivity index is 2.70. The second-order valence-corrected chi connectivity index (χ2v) is 2.98. The van der Waals surface area contributed by atoms with E-state index in [4.69, 9.17) is 5.26 Å². The summed E-state index contributed by atoms with van der Waals surface area (Å²) < 4.78 is 35.6. The maximum Gasteiger partial charge on any atom is 0.471 e. The molecule has 0 aliphatic heterocycles. The van der Waals surface area contributed by atoms with Crippen LogP contribution in [0.5, 0.6) is 0 Å². The first kappa shape index (κ1) is 12.0. The van der Waals surface area contributed by atoms with E-state index in [0.717, 1.165) is 0 Å². The molecule has 0 aliphatic carbocycles. The Morgan fingerprint density at radius 2 is 1.88 bits per heavy atom. The number of amides is 1. The summed E-state index contributed by atoms with van der Waals surface area (Å²) in [5.74, 6) is -2.01. The van der Waals surface area contributed by atoms with E-state index in [-0.39, 0.29) is 12.1 Å². The van der Waals surface area contributed by atoms with Gasteiger partial charge in [-0.3, -0.25) is 4.79 Å². The Morgan fingerprint density at radius 3 is 2.31 bits per heavy atom. The van der Waals surface area contributed by atoms with Crippen molar-refractivity contribution < 1.29 is 18.0 Å². The highest BCUT2D eigenvalue weighted by Gasteiger charge is 2.38. The lowest BCUT2D eigenvalue weighted by Gasteiger charge is -2.07. The molecule has 0 unspecified atom stereocenters. The van der Waals surface area contributed by atoms with Gasteiger partial charge in [0.15, 0.2) is 0 Å². The number of halogens is 3. The molecule has 3 nitrogen and oxygen atoms in total. The van der Waals surface area contributed by atoms with E-state index in [0.29, 0.717) is 5.56 Å². The molecule has 6 heteroatoms. The van der Waals surface area contributed by atoms with Gasteiger partial charge in [-0.2, -0.15) is 18.4 Å². The molecule has 0 aromatic heterocycles. The van der Waals surface area contributed by atoms with Crippen molar-refractivity contribution >= 4 is 11.6 Å². The molecule has 1 rings (SSSR count). The molecule has 16 heavy (non-hydrogen) atoms. The number of anilines is 1. The van der Waals surface area contributed by atoms with Gasteiger partial charge in [0, 0.05) is 5.69 Å². The van der Waals surface area contributed by atoms with Crippen molar-refractivity contribution in [1.82, 2.24) is 0 Å². The minimum Gasteiger partial charge on any atom is -0.318 e. The third-order valence-corrected chi connectivity index (χ3v) is 1.75. The first-order valence-electron chi connectivity index (χ1n) is 4.27. The second kappa shape index (κ2) is 4.66. The molecule has 1 aromatic rings. The normalized spacial score (nSPS) is 10.6. The topological polar surface area (TPSA) is 52.9 Å². The zero-order valence-electron chi connectivity index (χ0n) is 8.01. The highest BCUT2D eigenvalue weighted by atomic mass is 19.4. The number of hydrogen-bond donors (Lipinski definition) is 1. The quantitative estimate of drug-likeness (QED) is 0.843. The van der Waals surface area contributed by atoms with Gasteiger partial charge in [-0.05, 0) is 17.7 Å². The number of carbonyl (C=O) groups excluding carboxylic acids is 1. The molecule has 0 bridgehead atoms. The van der Waals surface area contributed by atoms with Crippen LogP contribution in [0, 0.1) is 11.3 Å². The van der Waals surface area contributed by atoms with Gasteiger partial charge in [-0.15, -0.1) is 0 Å². The molecular weight excluding hydrogens is 221 g/mol. The SMILES string of the molecule is N#CCc1ccc(NC(=O)C(F)(F)F)cc1. The van der Waals surface area contributed by atoms with Crippen LogP contribution in [0.2, 0.25) is 0 Å². The standard InChI is InChI=1S/C10H7F3N2O/c11-10(12,13)9(16)15-8-3-1-7(2-4-8)5-6-14/h1-4H,5H2,(H,15,16). The van der Waals surface area contributed by atoms with Crippen LogP contribution < -0.4 is 5.32 Å². The van der Waals surface area contributed by atoms with Crippen molar-refractivity contribution in [2.75, 3.05) is 5.32 Å². The minimum atomic E-state index is -4.90. The van der Waals surface area contributed by atoms with Crippen LogP contribution in [0.25, 0.3) is 0 Å². The van der Waals surface area contributed by atoms with Gasteiger partial charge in [0.05, 0.1) is 12.5 Å². The number of nitrogens with one attached hydrogen (secondary N) is 1. The Labute approximate surface area is 89.5 Å². The number of carbonyl (C=O) groups is 1. The average molecular weight is 228 g/mol. The van der Waals surface area contributed by atoms with Crippen LogP contribution in [-0.2, 0) is 11.2 Å². The molecule has 1 amide bonds. The third kappa shape index (κ3) is 3.28. The molecule has 0 fully saturated rings. The number of benzene rings is 1. The van der Waals surface area contributed by atoms with E-state index in [9.17, 15) is 18.0 Å². The Hall–Kier alpha value is -2.03. The predicted molar refractivity (Wildman–Crippen MR) is 50.4 cm³/mol. The Bertz CT molecular complexity index is 417. The van der Waals surface area contributed by atoms with E-state index in [1.165, 1.54) is 24.3 Å². The van der Waals surface area contributed by atoms with Gasteiger partial charge in [-0.1, -0.05) is 12.1 Å². The molecule has 84 valence electrons. The summed E-state index contributed by atoms with van der Waals surface area (Å²) in [6.07, 6.45) is -4.72. The second-order valence-electron chi connectivity index (χ2n) is 2.98. The molecule has 0 spiro atoms. The summed E-state index contributed by atoms with van der Waals surface area (Å²) in [4.78, 5) is 10.6. The molecular formula is C10H7F3N2O. The van der Waals surface area contributed by atoms with Gasteiger partial charge in [0.2, 0.25) is 0 Å². The van der Waals surface area contributed by atoms with Crippen molar-refractivity contribution in [3.05, 3.63) is 29.8 Å². The summed E-state index contributed by atoms with van der Waals surface area (Å²) in [6.45, 7) is 0. The monoisotopic (exact) mass is 228 g/mol. The number of alkyl halides is 3. The van der Waals surface area contributed by atoms with Crippen molar-refractivity contribution in [3.63, 3.8) is 0 Å². The summed E-state index contributed by atoms with van der Waals surface area (Å²) in [7, 11) is 0. The Morgan fingerprint density at radius 1 is 1.31 bits per heavy atom. The molecule has 0 aliphatic rings. The highest BCUT2D eigenvalue weighted by Crippen LogP contribution is 2.18. The van der Waals surface area contributed by atoms with Gasteiger partial charge in [0.25, 0.3) is 0 Å². The lowest BCUT2D eigenvalue weighted by molar-refractivity contribution is -0.167. The van der Waals surface area contributed by atoms with E-state index >= 15 is 0 Å². The molecule has 1 N–H and O–H groups in total. The van der Waals surface area contributed by atoms with E-state index in [1.807, 2.05) is 6.07 Å². The number of rotatable bonds is 2. The smallest absolute Gasteiger partial charge is 0.318 e. The predicted octanol–water partition coefficient (Wildman–Crippen LogP) is 2.25. The van der Waals surface area contributed by atoms with Crippen LogP contribution >= 0.6 is 0 Å². The zero-order valence-corrected chi connectivity index (χ0v) is 8.01.